The molecule has 0 fully saturated rings. The fourth-order valence-electron chi connectivity index (χ4n) is 3.13. The van der Waals surface area contributed by atoms with Crippen molar-refractivity contribution in [1.82, 2.24) is 4.90 Å². The van der Waals surface area contributed by atoms with Gasteiger partial charge in [0.15, 0.2) is 0 Å². The molecular weight excluding hydrogens is 284 g/mol. The number of benzene rings is 2. The Morgan fingerprint density at radius 2 is 1.61 bits per heavy atom. The van der Waals surface area contributed by atoms with Crippen LogP contribution >= 0.6 is 0 Å². The topological polar surface area (TPSA) is 44.1 Å². The Balaban J connectivity index is 2.19. The molecule has 0 bridgehead atoms. The Morgan fingerprint density at radius 3 is 2.17 bits per heavy atom. The summed E-state index contributed by atoms with van der Waals surface area (Å²) in [5, 5.41) is 9.70. The largest absolute Gasteiger partial charge is 0.314 e. The van der Waals surface area contributed by atoms with Gasteiger partial charge in [-0.05, 0) is 18.1 Å². The second-order valence-electron chi connectivity index (χ2n) is 5.98. The number of carbonyl (C=O) groups excluding carboxylic acids is 1. The van der Waals surface area contributed by atoms with Crippen molar-refractivity contribution in [2.45, 2.75) is 12.8 Å². The van der Waals surface area contributed by atoms with Crippen LogP contribution in [0.2, 0.25) is 0 Å². The van der Waals surface area contributed by atoms with Crippen LogP contribution in [0.5, 0.6) is 0 Å². The van der Waals surface area contributed by atoms with E-state index < -0.39 is 5.41 Å². The van der Waals surface area contributed by atoms with Gasteiger partial charge in [0.2, 0.25) is 5.91 Å². The van der Waals surface area contributed by atoms with Crippen LogP contribution in [0.4, 0.5) is 0 Å². The molecule has 1 aliphatic heterocycles. The number of rotatable bonds is 2. The van der Waals surface area contributed by atoms with E-state index in [9.17, 15) is 10.1 Å². The van der Waals surface area contributed by atoms with Crippen molar-refractivity contribution >= 4 is 11.6 Å². The molecule has 2 aromatic rings. The molecule has 2 aromatic carbocycles. The van der Waals surface area contributed by atoms with Crippen LogP contribution in [-0.4, -0.2) is 17.9 Å². The molecule has 0 N–H and O–H groups in total. The van der Waals surface area contributed by atoms with Gasteiger partial charge < -0.3 is 4.90 Å². The van der Waals surface area contributed by atoms with Gasteiger partial charge >= 0.3 is 0 Å². The normalized spacial score (nSPS) is 24.0. The fourth-order valence-corrected chi connectivity index (χ4v) is 3.13. The molecular formula is C20H18N2O. The molecule has 23 heavy (non-hydrogen) atoms. The second-order valence-corrected chi connectivity index (χ2v) is 5.98. The van der Waals surface area contributed by atoms with E-state index in [2.05, 4.69) is 6.07 Å². The molecule has 114 valence electrons. The smallest absolute Gasteiger partial charge is 0.247 e. The second kappa shape index (κ2) is 5.73. The summed E-state index contributed by atoms with van der Waals surface area (Å²) in [6.45, 7) is 1.72. The maximum absolute atomic E-state index is 12.9. The molecule has 3 nitrogen and oxygen atoms in total. The summed E-state index contributed by atoms with van der Waals surface area (Å²) in [5.74, 6) is -0.442. The Labute approximate surface area is 136 Å². The van der Waals surface area contributed by atoms with Crippen molar-refractivity contribution < 1.29 is 4.79 Å². The molecule has 0 aliphatic carbocycles. The minimum Gasteiger partial charge on any atom is -0.314 e. The Kier molecular flexibility index (Phi) is 3.75. The zero-order chi connectivity index (χ0) is 16.4. The maximum Gasteiger partial charge on any atom is 0.247 e. The van der Waals surface area contributed by atoms with Crippen molar-refractivity contribution in [3.8, 4) is 6.07 Å². The predicted octanol–water partition coefficient (Wildman–Crippen LogP) is 3.81. The van der Waals surface area contributed by atoms with E-state index in [0.29, 0.717) is 0 Å². The minimum atomic E-state index is -1.10. The van der Waals surface area contributed by atoms with E-state index in [0.717, 1.165) is 16.8 Å². The number of carbonyl (C=O) groups is 1. The lowest BCUT2D eigenvalue weighted by atomic mass is 9.70. The molecule has 0 spiro atoms. The van der Waals surface area contributed by atoms with E-state index in [1.165, 1.54) is 0 Å². The number of hydrogen-bond acceptors (Lipinski definition) is 2. The van der Waals surface area contributed by atoms with Crippen LogP contribution in [0.15, 0.2) is 66.7 Å². The van der Waals surface area contributed by atoms with Crippen molar-refractivity contribution in [3.05, 3.63) is 77.9 Å². The summed E-state index contributed by atoms with van der Waals surface area (Å²) in [6.07, 6.45) is 2.04. The van der Waals surface area contributed by atoms with E-state index in [1.807, 2.05) is 66.7 Å². The fraction of sp³-hybridized carbons (Fsp3) is 0.200. The molecule has 0 saturated heterocycles. The quantitative estimate of drug-likeness (QED) is 0.846. The summed E-state index contributed by atoms with van der Waals surface area (Å²) >= 11 is 0. The lowest BCUT2D eigenvalue weighted by Gasteiger charge is -2.39. The van der Waals surface area contributed by atoms with Crippen LogP contribution in [0.1, 0.15) is 24.0 Å². The van der Waals surface area contributed by atoms with Crippen LogP contribution in [-0.2, 0) is 4.79 Å². The van der Waals surface area contributed by atoms with Gasteiger partial charge in [-0.2, -0.15) is 5.26 Å². The average molecular weight is 302 g/mol. The number of nitrogens with zero attached hydrogens (tertiary/aromatic N) is 2. The third-order valence-electron chi connectivity index (χ3n) is 4.52. The maximum atomic E-state index is 12.9. The minimum absolute atomic E-state index is 0.171. The first-order chi connectivity index (χ1) is 11.1. The van der Waals surface area contributed by atoms with E-state index in [-0.39, 0.29) is 11.8 Å². The number of amides is 1. The number of hydrogen-bond donors (Lipinski definition) is 0. The van der Waals surface area contributed by atoms with Gasteiger partial charge in [-0.1, -0.05) is 66.7 Å². The van der Waals surface area contributed by atoms with Gasteiger partial charge in [0.05, 0.1) is 6.07 Å². The van der Waals surface area contributed by atoms with Gasteiger partial charge in [0.1, 0.15) is 5.41 Å². The van der Waals surface area contributed by atoms with Crippen molar-refractivity contribution in [3.63, 3.8) is 0 Å². The highest BCUT2D eigenvalue weighted by Crippen LogP contribution is 2.44. The van der Waals surface area contributed by atoms with Crippen molar-refractivity contribution in [2.75, 3.05) is 7.05 Å². The Bertz CT molecular complexity index is 789. The Hall–Kier alpha value is -2.86. The molecule has 3 heteroatoms. The molecule has 3 rings (SSSR count). The van der Waals surface area contributed by atoms with Gasteiger partial charge in [0.25, 0.3) is 0 Å². The molecule has 1 heterocycles. The number of allylic oxidation sites excluding steroid dienone is 1. The SMILES string of the molecule is CN1C(=O)C(C)(C#N)C(c2ccccc2)C=C1c1ccccc1. The van der Waals surface area contributed by atoms with Gasteiger partial charge in [0, 0.05) is 18.7 Å². The predicted molar refractivity (Wildman–Crippen MR) is 90.1 cm³/mol. The molecule has 0 saturated carbocycles. The monoisotopic (exact) mass is 302 g/mol. The highest BCUT2D eigenvalue weighted by molar-refractivity contribution is 5.96. The van der Waals surface area contributed by atoms with E-state index in [1.54, 1.807) is 18.9 Å². The van der Waals surface area contributed by atoms with Gasteiger partial charge in [-0.25, -0.2) is 0 Å². The molecule has 0 aromatic heterocycles. The van der Waals surface area contributed by atoms with Crippen LogP contribution in [0.3, 0.4) is 0 Å². The van der Waals surface area contributed by atoms with Crippen molar-refractivity contribution in [1.29, 1.82) is 5.26 Å². The first-order valence-corrected chi connectivity index (χ1v) is 7.59. The van der Waals surface area contributed by atoms with Crippen molar-refractivity contribution in [2.24, 2.45) is 5.41 Å². The van der Waals surface area contributed by atoms with Crippen LogP contribution < -0.4 is 0 Å². The first kappa shape index (κ1) is 15.1. The molecule has 0 radical (unpaired) electrons. The molecule has 2 unspecified atom stereocenters. The highest BCUT2D eigenvalue weighted by Gasteiger charge is 2.47. The van der Waals surface area contributed by atoms with Crippen LogP contribution in [0.25, 0.3) is 5.70 Å². The summed E-state index contributed by atoms with van der Waals surface area (Å²) < 4.78 is 0. The number of nitriles is 1. The average Bonchev–Trinajstić information content (AvgIpc) is 2.61. The standard InChI is InChI=1S/C20H18N2O/c1-20(14-21)17(15-9-5-3-6-10-15)13-18(22(2)19(20)23)16-11-7-4-8-12-16/h3-13,17H,1-2H3. The van der Waals surface area contributed by atoms with Gasteiger partial charge in [-0.3, -0.25) is 4.79 Å². The summed E-state index contributed by atoms with van der Waals surface area (Å²) in [5.41, 5.74) is 1.70. The summed E-state index contributed by atoms with van der Waals surface area (Å²) in [7, 11) is 1.73. The van der Waals surface area contributed by atoms with Gasteiger partial charge in [-0.15, -0.1) is 0 Å². The van der Waals surface area contributed by atoms with E-state index in [4.69, 9.17) is 0 Å². The molecule has 1 aliphatic rings. The molecule has 1 amide bonds. The molecule has 2 atom stereocenters. The Morgan fingerprint density at radius 1 is 1.04 bits per heavy atom. The van der Waals surface area contributed by atoms with Crippen LogP contribution in [0, 0.1) is 16.7 Å². The van der Waals surface area contributed by atoms with E-state index >= 15 is 0 Å². The zero-order valence-corrected chi connectivity index (χ0v) is 13.2. The lowest BCUT2D eigenvalue weighted by molar-refractivity contribution is -0.135. The first-order valence-electron chi connectivity index (χ1n) is 7.59. The zero-order valence-electron chi connectivity index (χ0n) is 13.2. The third-order valence-corrected chi connectivity index (χ3v) is 4.52. The third kappa shape index (κ3) is 2.43. The highest BCUT2D eigenvalue weighted by atomic mass is 16.2. The summed E-state index contributed by atoms with van der Waals surface area (Å²) in [6, 6.07) is 21.8. The lowest BCUT2D eigenvalue weighted by Crippen LogP contribution is -2.45. The summed E-state index contributed by atoms with van der Waals surface area (Å²) in [4.78, 5) is 14.5.